The van der Waals surface area contributed by atoms with Crippen LogP contribution in [0.1, 0.15) is 137 Å². The van der Waals surface area contributed by atoms with Crippen LogP contribution in [0.5, 0.6) is 23.0 Å². The highest BCUT2D eigenvalue weighted by Gasteiger charge is 2.28. The fraction of sp³-hybridized carbons (Fsp3) is 0.480. The van der Waals surface area contributed by atoms with Gasteiger partial charge in [0, 0.05) is 0 Å². The Morgan fingerprint density at radius 3 is 1.25 bits per heavy atom. The summed E-state index contributed by atoms with van der Waals surface area (Å²) in [5.41, 5.74) is 10.1. The Kier molecular flexibility index (Phi) is 14.1. The number of benzene rings is 4. The number of methoxy groups -OCH3 is 2. The van der Waals surface area contributed by atoms with Gasteiger partial charge >= 0.3 is 11.9 Å². The molecule has 0 radical (unpaired) electrons. The molecule has 2 aliphatic rings. The van der Waals surface area contributed by atoms with Crippen LogP contribution in [0.2, 0.25) is 0 Å². The highest BCUT2D eigenvalue weighted by atomic mass is 16.5. The second-order valence-electron chi connectivity index (χ2n) is 17.6. The number of fused-ring (bicyclic) bond motifs is 2. The molecule has 6 rings (SSSR count). The molecule has 300 valence electrons. The number of esters is 2. The molecular weight excluding hydrogens is 697 g/mol. The Morgan fingerprint density at radius 1 is 0.536 bits per heavy atom. The van der Waals surface area contributed by atoms with Crippen molar-refractivity contribution >= 4 is 11.9 Å². The molecule has 2 aliphatic carbocycles. The number of ether oxygens (including phenoxy) is 4. The molecule has 56 heavy (non-hydrogen) atoms. The van der Waals surface area contributed by atoms with Crippen LogP contribution in [0, 0.1) is 10.8 Å². The molecule has 0 heterocycles. The van der Waals surface area contributed by atoms with Gasteiger partial charge in [-0.3, -0.25) is 9.59 Å². The van der Waals surface area contributed by atoms with Gasteiger partial charge < -0.3 is 18.9 Å². The Bertz CT molecular complexity index is 1830. The van der Waals surface area contributed by atoms with Crippen LogP contribution in [0.25, 0.3) is 0 Å². The zero-order chi connectivity index (χ0) is 40.6. The normalized spacial score (nSPS) is 16.4. The van der Waals surface area contributed by atoms with Crippen molar-refractivity contribution in [3.63, 3.8) is 0 Å². The van der Waals surface area contributed by atoms with E-state index in [2.05, 4.69) is 74.5 Å². The molecule has 4 aromatic carbocycles. The summed E-state index contributed by atoms with van der Waals surface area (Å²) >= 11 is 0. The molecule has 0 spiro atoms. The maximum Gasteiger partial charge on any atom is 0.316 e. The molecule has 0 N–H and O–H groups in total. The predicted molar refractivity (Wildman–Crippen MR) is 227 cm³/mol. The third-order valence-corrected chi connectivity index (χ3v) is 11.1. The van der Waals surface area contributed by atoms with Gasteiger partial charge in [0.2, 0.25) is 0 Å². The monoisotopic (exact) mass is 760 g/mol. The number of hydrogen-bond donors (Lipinski definition) is 0. The molecule has 0 amide bonds. The third-order valence-electron chi connectivity index (χ3n) is 11.1. The van der Waals surface area contributed by atoms with Gasteiger partial charge in [0.15, 0.2) is 0 Å². The van der Waals surface area contributed by atoms with Crippen LogP contribution in [-0.4, -0.2) is 26.2 Å². The highest BCUT2D eigenvalue weighted by Crippen LogP contribution is 2.39. The van der Waals surface area contributed by atoms with Crippen molar-refractivity contribution in [2.24, 2.45) is 10.8 Å². The average Bonchev–Trinajstić information content (AvgIpc) is 3.17. The number of hydrogen-bond acceptors (Lipinski definition) is 6. The van der Waals surface area contributed by atoms with Crippen LogP contribution in [-0.2, 0) is 48.1 Å². The van der Waals surface area contributed by atoms with Crippen LogP contribution < -0.4 is 18.9 Å². The lowest BCUT2D eigenvalue weighted by Crippen LogP contribution is -2.25. The van der Waals surface area contributed by atoms with Crippen molar-refractivity contribution in [1.82, 2.24) is 0 Å². The average molecular weight is 761 g/mol. The zero-order valence-corrected chi connectivity index (χ0v) is 35.6. The van der Waals surface area contributed by atoms with Crippen LogP contribution in [0.3, 0.4) is 0 Å². The topological polar surface area (TPSA) is 71.1 Å². The minimum atomic E-state index is -0.495. The molecular formula is C50H64O6. The van der Waals surface area contributed by atoms with E-state index in [1.165, 1.54) is 44.5 Å². The molecule has 0 aliphatic heterocycles. The minimum absolute atomic E-state index is 0.191. The van der Waals surface area contributed by atoms with Gasteiger partial charge in [-0.15, -0.1) is 0 Å². The minimum Gasteiger partial charge on any atom is -0.497 e. The Balaban J connectivity index is 0.000000214. The zero-order valence-electron chi connectivity index (χ0n) is 35.6. The van der Waals surface area contributed by atoms with E-state index in [1.54, 1.807) is 14.2 Å². The first kappa shape index (κ1) is 42.6. The summed E-state index contributed by atoms with van der Waals surface area (Å²) in [5.74, 6) is 3.88. The van der Waals surface area contributed by atoms with Crippen LogP contribution in [0.4, 0.5) is 0 Å². The van der Waals surface area contributed by atoms with Gasteiger partial charge in [-0.25, -0.2) is 0 Å². The molecule has 6 nitrogen and oxygen atoms in total. The molecule has 0 bridgehead atoms. The number of carbonyl (C=O) groups excluding carboxylic acids is 2. The smallest absolute Gasteiger partial charge is 0.316 e. The van der Waals surface area contributed by atoms with E-state index in [0.29, 0.717) is 23.3 Å². The highest BCUT2D eigenvalue weighted by molar-refractivity contribution is 5.78. The van der Waals surface area contributed by atoms with Gasteiger partial charge in [0.05, 0.1) is 25.0 Å². The number of carbonyl (C=O) groups is 2. The van der Waals surface area contributed by atoms with E-state index >= 15 is 0 Å². The molecule has 6 heteroatoms. The van der Waals surface area contributed by atoms with Gasteiger partial charge in [-0.05, 0) is 198 Å². The number of rotatable bonds is 10. The maximum atomic E-state index is 12.2. The fourth-order valence-electron chi connectivity index (χ4n) is 7.83. The van der Waals surface area contributed by atoms with Crippen LogP contribution in [0.15, 0.2) is 72.8 Å². The van der Waals surface area contributed by atoms with E-state index in [4.69, 9.17) is 18.9 Å². The first-order valence-corrected chi connectivity index (χ1v) is 20.6. The largest absolute Gasteiger partial charge is 0.497 e. The first-order valence-electron chi connectivity index (χ1n) is 20.6. The summed E-state index contributed by atoms with van der Waals surface area (Å²) in [7, 11) is 3.46. The van der Waals surface area contributed by atoms with Crippen molar-refractivity contribution in [2.75, 3.05) is 14.2 Å². The summed E-state index contributed by atoms with van der Waals surface area (Å²) in [6, 6.07) is 25.3. The van der Waals surface area contributed by atoms with Gasteiger partial charge in [-0.2, -0.15) is 0 Å². The van der Waals surface area contributed by atoms with Crippen molar-refractivity contribution in [1.29, 1.82) is 0 Å². The standard InChI is InChI=1S/2C25H32O3/c2*1-6-7-19-16-21(27-5)12-13-23(19)20-9-8-18-15-22(11-10-17(18)14-20)28-24(26)25(2,3)4/h2*10-13,15-16,20H,6-9,14H2,1-5H3/t2*20-/m10/s1. The summed E-state index contributed by atoms with van der Waals surface area (Å²) in [6.07, 6.45) is 10.8. The third kappa shape index (κ3) is 10.8. The van der Waals surface area contributed by atoms with E-state index in [9.17, 15) is 9.59 Å². The number of aryl methyl sites for hydroxylation is 4. The quantitative estimate of drug-likeness (QED) is 0.118. The van der Waals surface area contributed by atoms with Gasteiger partial charge in [-0.1, -0.05) is 51.0 Å². The predicted octanol–water partition coefficient (Wildman–Crippen LogP) is 11.7. The molecule has 0 saturated heterocycles. The lowest BCUT2D eigenvalue weighted by atomic mass is 9.78. The molecule has 0 aromatic heterocycles. The lowest BCUT2D eigenvalue weighted by molar-refractivity contribution is -0.143. The molecule has 0 unspecified atom stereocenters. The Morgan fingerprint density at radius 2 is 0.911 bits per heavy atom. The molecule has 4 aromatic rings. The van der Waals surface area contributed by atoms with Crippen molar-refractivity contribution in [2.45, 2.75) is 131 Å². The first-order chi connectivity index (χ1) is 26.6. The summed E-state index contributed by atoms with van der Waals surface area (Å²) < 4.78 is 22.0. The van der Waals surface area contributed by atoms with E-state index in [-0.39, 0.29) is 11.9 Å². The van der Waals surface area contributed by atoms with Gasteiger partial charge in [0.25, 0.3) is 0 Å². The van der Waals surface area contributed by atoms with Crippen molar-refractivity contribution < 1.29 is 28.5 Å². The molecule has 2 atom stereocenters. The van der Waals surface area contributed by atoms with Crippen molar-refractivity contribution in [3.8, 4) is 23.0 Å². The second kappa shape index (κ2) is 18.6. The second-order valence-corrected chi connectivity index (χ2v) is 17.6. The van der Waals surface area contributed by atoms with E-state index in [1.807, 2.05) is 53.7 Å². The molecule has 0 fully saturated rings. The Hall–Kier alpha value is -4.58. The summed E-state index contributed by atoms with van der Waals surface area (Å²) in [4.78, 5) is 24.3. The van der Waals surface area contributed by atoms with Crippen LogP contribution >= 0.6 is 0 Å². The van der Waals surface area contributed by atoms with Gasteiger partial charge in [0.1, 0.15) is 23.0 Å². The van der Waals surface area contributed by atoms with E-state index < -0.39 is 10.8 Å². The summed E-state index contributed by atoms with van der Waals surface area (Å²) in [5, 5.41) is 0. The lowest BCUT2D eigenvalue weighted by Gasteiger charge is -2.27. The van der Waals surface area contributed by atoms with Crippen molar-refractivity contribution in [3.05, 3.63) is 117 Å². The SMILES string of the molecule is CCCc1cc(OC)ccc1[C@@H]1CCc2cc(OC(=O)C(C)(C)C)ccc2C1.CCCc1cc(OC)ccc1[C@H]1CCc2cc(OC(=O)C(C)(C)C)ccc2C1. The Labute approximate surface area is 336 Å². The molecule has 0 saturated carbocycles. The summed E-state index contributed by atoms with van der Waals surface area (Å²) in [6.45, 7) is 15.7. The van der Waals surface area contributed by atoms with E-state index in [0.717, 1.165) is 75.7 Å². The maximum absolute atomic E-state index is 12.2. The fourth-order valence-corrected chi connectivity index (χ4v) is 7.83.